The normalized spacial score (nSPS) is 11.4. The summed E-state index contributed by atoms with van der Waals surface area (Å²) < 4.78 is 49.0. The number of nitro benzene ring substituents is 1. The van der Waals surface area contributed by atoms with Crippen LogP contribution >= 0.6 is 0 Å². The predicted molar refractivity (Wildman–Crippen MR) is 113 cm³/mol. The minimum atomic E-state index is -4.48. The van der Waals surface area contributed by atoms with E-state index in [1.54, 1.807) is 12.1 Å². The molecule has 0 radical (unpaired) electrons. The molecule has 0 atom stereocenters. The lowest BCUT2D eigenvalue weighted by Gasteiger charge is -2.09. The smallest absolute Gasteiger partial charge is 0.416 e. The van der Waals surface area contributed by atoms with Crippen molar-refractivity contribution in [2.75, 3.05) is 19.0 Å². The number of carbonyl (C=O) groups is 1. The van der Waals surface area contributed by atoms with E-state index in [0.29, 0.717) is 11.3 Å². The van der Waals surface area contributed by atoms with Crippen LogP contribution in [0.15, 0.2) is 64.1 Å². The van der Waals surface area contributed by atoms with E-state index in [-0.39, 0.29) is 29.4 Å². The van der Waals surface area contributed by atoms with Crippen LogP contribution < -0.4 is 15.5 Å². The van der Waals surface area contributed by atoms with Gasteiger partial charge in [-0.15, -0.1) is 0 Å². The van der Waals surface area contributed by atoms with Crippen molar-refractivity contribution in [3.8, 4) is 17.1 Å². The van der Waals surface area contributed by atoms with E-state index in [1.807, 2.05) is 0 Å². The van der Waals surface area contributed by atoms with Gasteiger partial charge in [0.1, 0.15) is 17.3 Å². The molecule has 0 fully saturated rings. The summed E-state index contributed by atoms with van der Waals surface area (Å²) in [6.45, 7) is -0.304. The number of nitro groups is 1. The maximum atomic E-state index is 12.7. The number of amides is 1. The number of alkyl halides is 3. The second-order valence-corrected chi connectivity index (χ2v) is 6.57. The Morgan fingerprint density at radius 1 is 1.21 bits per heavy atom. The molecule has 33 heavy (non-hydrogen) atoms. The van der Waals surface area contributed by atoms with Crippen molar-refractivity contribution in [2.24, 2.45) is 5.10 Å². The second-order valence-electron chi connectivity index (χ2n) is 6.57. The van der Waals surface area contributed by atoms with Crippen molar-refractivity contribution in [2.45, 2.75) is 6.18 Å². The second kappa shape index (κ2) is 9.85. The van der Waals surface area contributed by atoms with Gasteiger partial charge in [0.2, 0.25) is 0 Å². The predicted octanol–water partition coefficient (Wildman–Crippen LogP) is 4.44. The molecular formula is C21H17F3N4O5. The van der Waals surface area contributed by atoms with E-state index >= 15 is 0 Å². The van der Waals surface area contributed by atoms with Crippen LogP contribution in [0.2, 0.25) is 0 Å². The van der Waals surface area contributed by atoms with Crippen molar-refractivity contribution < 1.29 is 32.0 Å². The van der Waals surface area contributed by atoms with Crippen molar-refractivity contribution in [3.63, 3.8) is 0 Å². The summed E-state index contributed by atoms with van der Waals surface area (Å²) in [5.41, 5.74) is 1.88. The van der Waals surface area contributed by atoms with E-state index in [0.717, 1.165) is 12.1 Å². The first kappa shape index (κ1) is 23.3. The zero-order chi connectivity index (χ0) is 24.0. The van der Waals surface area contributed by atoms with Crippen molar-refractivity contribution >= 4 is 23.5 Å². The van der Waals surface area contributed by atoms with Crippen LogP contribution in [0.3, 0.4) is 0 Å². The fourth-order valence-corrected chi connectivity index (χ4v) is 2.76. The van der Waals surface area contributed by atoms with Crippen LogP contribution in [-0.2, 0) is 11.0 Å². The minimum absolute atomic E-state index is 0.134. The molecule has 2 N–H and O–H groups in total. The molecule has 0 aliphatic heterocycles. The Labute approximate surface area is 185 Å². The zero-order valence-electron chi connectivity index (χ0n) is 17.1. The number of anilines is 1. The van der Waals surface area contributed by atoms with Gasteiger partial charge < -0.3 is 14.5 Å². The fourth-order valence-electron chi connectivity index (χ4n) is 2.76. The molecule has 0 saturated heterocycles. The molecule has 1 heterocycles. The molecule has 1 aromatic heterocycles. The van der Waals surface area contributed by atoms with E-state index in [2.05, 4.69) is 15.8 Å². The fraction of sp³-hybridized carbons (Fsp3) is 0.143. The van der Waals surface area contributed by atoms with Crippen molar-refractivity contribution in [3.05, 3.63) is 76.0 Å². The first-order valence-corrected chi connectivity index (χ1v) is 9.33. The molecule has 0 spiro atoms. The summed E-state index contributed by atoms with van der Waals surface area (Å²) in [4.78, 5) is 22.2. The van der Waals surface area contributed by atoms with Gasteiger partial charge in [-0.25, -0.2) is 5.43 Å². The van der Waals surface area contributed by atoms with E-state index in [4.69, 9.17) is 9.15 Å². The molecule has 0 bridgehead atoms. The number of methoxy groups -OCH3 is 1. The number of hydrogen-bond donors (Lipinski definition) is 2. The summed E-state index contributed by atoms with van der Waals surface area (Å²) in [5.74, 6) is 0.292. The lowest BCUT2D eigenvalue weighted by Crippen LogP contribution is -2.26. The molecule has 0 saturated carbocycles. The average Bonchev–Trinajstić information content (AvgIpc) is 3.25. The molecule has 172 valence electrons. The minimum Gasteiger partial charge on any atom is -0.496 e. The van der Waals surface area contributed by atoms with Crippen LogP contribution in [0, 0.1) is 10.1 Å². The number of ether oxygens (including phenoxy) is 1. The van der Waals surface area contributed by atoms with Gasteiger partial charge in [-0.2, -0.15) is 18.3 Å². The van der Waals surface area contributed by atoms with Gasteiger partial charge in [0.15, 0.2) is 0 Å². The summed E-state index contributed by atoms with van der Waals surface area (Å²) in [6.07, 6.45) is -3.26. The van der Waals surface area contributed by atoms with Crippen molar-refractivity contribution in [1.82, 2.24) is 5.43 Å². The third-order valence-corrected chi connectivity index (χ3v) is 4.31. The Kier molecular flexibility index (Phi) is 6.96. The van der Waals surface area contributed by atoms with Crippen LogP contribution in [0.4, 0.5) is 24.5 Å². The molecule has 2 aromatic carbocycles. The first-order chi connectivity index (χ1) is 15.7. The number of rotatable bonds is 8. The number of halogens is 3. The van der Waals surface area contributed by atoms with Gasteiger partial charge in [-0.1, -0.05) is 6.07 Å². The number of carbonyl (C=O) groups excluding carboxylic acids is 1. The summed E-state index contributed by atoms with van der Waals surface area (Å²) in [6, 6.07) is 11.7. The van der Waals surface area contributed by atoms with Gasteiger partial charge in [0.05, 0.1) is 42.0 Å². The Balaban J connectivity index is 1.58. The Hall–Kier alpha value is -4.35. The highest BCUT2D eigenvalue weighted by atomic mass is 19.4. The molecule has 3 aromatic rings. The molecule has 1 amide bonds. The number of nitrogens with one attached hydrogen (secondary N) is 2. The summed E-state index contributed by atoms with van der Waals surface area (Å²) in [5, 5.41) is 17.2. The Bertz CT molecular complexity index is 1190. The number of hydrazone groups is 1. The highest BCUT2D eigenvalue weighted by molar-refractivity contribution is 5.83. The van der Waals surface area contributed by atoms with E-state index in [1.165, 1.54) is 43.7 Å². The molecule has 9 nitrogen and oxygen atoms in total. The number of furan rings is 1. The quantitative estimate of drug-likeness (QED) is 0.290. The maximum absolute atomic E-state index is 12.7. The van der Waals surface area contributed by atoms with Crippen LogP contribution in [0.25, 0.3) is 11.3 Å². The molecule has 0 unspecified atom stereocenters. The zero-order valence-corrected chi connectivity index (χ0v) is 17.1. The highest BCUT2D eigenvalue weighted by Crippen LogP contribution is 2.34. The van der Waals surface area contributed by atoms with Gasteiger partial charge in [0.25, 0.3) is 11.6 Å². The Morgan fingerprint density at radius 2 is 2.00 bits per heavy atom. The molecule has 0 aliphatic carbocycles. The van der Waals surface area contributed by atoms with Gasteiger partial charge >= 0.3 is 6.18 Å². The van der Waals surface area contributed by atoms with Crippen LogP contribution in [-0.4, -0.2) is 30.7 Å². The average molecular weight is 462 g/mol. The molecule has 0 aliphatic rings. The van der Waals surface area contributed by atoms with E-state index in [9.17, 15) is 28.1 Å². The van der Waals surface area contributed by atoms with Crippen LogP contribution in [0.1, 0.15) is 11.3 Å². The standard InChI is InChI=1S/C21H17F3N4O5/c1-32-19-10-15(28(30)31)5-7-17(19)18-8-6-16(33-18)11-26-27-20(29)12-25-14-4-2-3-13(9-14)21(22,23)24/h2-11,25H,12H2,1H3,(H,27,29)/b26-11-. The SMILES string of the molecule is COc1cc([N+](=O)[O-])ccc1-c1ccc(/C=N\NC(=O)CNc2cccc(C(F)(F)F)c2)o1. The molecular weight excluding hydrogens is 445 g/mol. The largest absolute Gasteiger partial charge is 0.496 e. The van der Waals surface area contributed by atoms with Gasteiger partial charge in [-0.3, -0.25) is 14.9 Å². The van der Waals surface area contributed by atoms with E-state index < -0.39 is 22.6 Å². The maximum Gasteiger partial charge on any atom is 0.416 e. The first-order valence-electron chi connectivity index (χ1n) is 9.33. The highest BCUT2D eigenvalue weighted by Gasteiger charge is 2.30. The number of hydrogen-bond acceptors (Lipinski definition) is 7. The van der Waals surface area contributed by atoms with Gasteiger partial charge in [0, 0.05) is 11.8 Å². The summed E-state index contributed by atoms with van der Waals surface area (Å²) >= 11 is 0. The Morgan fingerprint density at radius 3 is 2.70 bits per heavy atom. The number of benzene rings is 2. The lowest BCUT2D eigenvalue weighted by molar-refractivity contribution is -0.384. The van der Waals surface area contributed by atoms with Crippen LogP contribution in [0.5, 0.6) is 5.75 Å². The molecule has 3 rings (SSSR count). The van der Waals surface area contributed by atoms with Crippen molar-refractivity contribution in [1.29, 1.82) is 0 Å². The third-order valence-electron chi connectivity index (χ3n) is 4.31. The third kappa shape index (κ3) is 6.09. The molecule has 12 heteroatoms. The number of non-ortho nitro benzene ring substituents is 1. The topological polar surface area (TPSA) is 119 Å². The monoisotopic (exact) mass is 462 g/mol. The lowest BCUT2D eigenvalue weighted by atomic mass is 10.1. The number of nitrogens with zero attached hydrogens (tertiary/aromatic N) is 2. The summed E-state index contributed by atoms with van der Waals surface area (Å²) in [7, 11) is 1.37. The van der Waals surface area contributed by atoms with Gasteiger partial charge in [-0.05, 0) is 36.4 Å².